The lowest BCUT2D eigenvalue weighted by Crippen LogP contribution is -2.40. The van der Waals surface area contributed by atoms with E-state index in [2.05, 4.69) is 19.9 Å². The summed E-state index contributed by atoms with van der Waals surface area (Å²) in [6.07, 6.45) is 1.20. The maximum atomic E-state index is 8.86. The van der Waals surface area contributed by atoms with Crippen molar-refractivity contribution >= 4 is 0 Å². The van der Waals surface area contributed by atoms with Crippen LogP contribution in [0.4, 0.5) is 0 Å². The predicted octanol–water partition coefficient (Wildman–Crippen LogP) is 2.56. The van der Waals surface area contributed by atoms with Gasteiger partial charge in [0.25, 0.3) is 0 Å². The van der Waals surface area contributed by atoms with Gasteiger partial charge >= 0.3 is 0 Å². The minimum Gasteiger partial charge on any atom is -0.484 e. The smallest absolute Gasteiger partial charge is 0.135 e. The van der Waals surface area contributed by atoms with Crippen molar-refractivity contribution in [2.45, 2.75) is 38.1 Å². The Morgan fingerprint density at radius 1 is 1.50 bits per heavy atom. The van der Waals surface area contributed by atoms with Gasteiger partial charge < -0.3 is 9.47 Å². The van der Waals surface area contributed by atoms with Crippen LogP contribution in [-0.2, 0) is 4.74 Å². The van der Waals surface area contributed by atoms with Gasteiger partial charge in [-0.1, -0.05) is 6.92 Å². The van der Waals surface area contributed by atoms with Crippen LogP contribution in [0.25, 0.3) is 0 Å². The van der Waals surface area contributed by atoms with Crippen molar-refractivity contribution in [2.75, 3.05) is 0 Å². The summed E-state index contributed by atoms with van der Waals surface area (Å²) >= 11 is 0. The Labute approximate surface area is 94.6 Å². The second-order valence-corrected chi connectivity index (χ2v) is 4.61. The molecule has 0 spiro atoms. The van der Waals surface area contributed by atoms with Crippen LogP contribution in [-0.4, -0.2) is 11.7 Å². The van der Waals surface area contributed by atoms with Crippen LogP contribution in [0.1, 0.15) is 37.5 Å². The zero-order chi connectivity index (χ0) is 11.3. The van der Waals surface area contributed by atoms with Crippen molar-refractivity contribution < 1.29 is 9.47 Å². The normalized spacial score (nSPS) is 34.3. The fraction of sp³-hybridized carbons (Fsp3) is 0.462. The summed E-state index contributed by atoms with van der Waals surface area (Å²) < 4.78 is 11.7. The van der Waals surface area contributed by atoms with E-state index in [1.54, 1.807) is 6.07 Å². The lowest BCUT2D eigenvalue weighted by Gasteiger charge is -2.32. The Kier molecular flexibility index (Phi) is 1.81. The van der Waals surface area contributed by atoms with Crippen molar-refractivity contribution in [2.24, 2.45) is 0 Å². The van der Waals surface area contributed by atoms with Crippen LogP contribution in [0, 0.1) is 11.3 Å². The molecule has 3 heteroatoms. The highest BCUT2D eigenvalue weighted by Crippen LogP contribution is 2.54. The summed E-state index contributed by atoms with van der Waals surface area (Å²) in [5.41, 5.74) is 1.47. The molecule has 2 aliphatic rings. The van der Waals surface area contributed by atoms with Crippen LogP contribution in [0.15, 0.2) is 18.2 Å². The molecule has 0 aliphatic carbocycles. The second-order valence-electron chi connectivity index (χ2n) is 4.61. The molecule has 16 heavy (non-hydrogen) atoms. The SMILES string of the molecule is CCC1(C)Oc2ccc(C#N)cc2C2OC21. The largest absolute Gasteiger partial charge is 0.484 e. The molecule has 2 heterocycles. The zero-order valence-corrected chi connectivity index (χ0v) is 9.36. The molecule has 82 valence electrons. The first kappa shape index (κ1) is 9.68. The van der Waals surface area contributed by atoms with Gasteiger partial charge in [0.15, 0.2) is 0 Å². The molecule has 0 radical (unpaired) electrons. The third-order valence-electron chi connectivity index (χ3n) is 3.58. The molecule has 1 saturated heterocycles. The van der Waals surface area contributed by atoms with Gasteiger partial charge in [0, 0.05) is 5.56 Å². The summed E-state index contributed by atoms with van der Waals surface area (Å²) in [5, 5.41) is 8.86. The second kappa shape index (κ2) is 2.99. The Hall–Kier alpha value is -1.53. The lowest BCUT2D eigenvalue weighted by atomic mass is 9.90. The van der Waals surface area contributed by atoms with Crippen molar-refractivity contribution in [1.29, 1.82) is 5.26 Å². The van der Waals surface area contributed by atoms with Crippen LogP contribution < -0.4 is 4.74 Å². The van der Waals surface area contributed by atoms with Crippen LogP contribution in [0.2, 0.25) is 0 Å². The molecular weight excluding hydrogens is 202 g/mol. The molecule has 1 aromatic carbocycles. The third-order valence-corrected chi connectivity index (χ3v) is 3.58. The van der Waals surface area contributed by atoms with E-state index in [0.29, 0.717) is 5.56 Å². The minimum atomic E-state index is -0.216. The number of nitrogens with zero attached hydrogens (tertiary/aromatic N) is 1. The average molecular weight is 215 g/mol. The highest BCUT2D eigenvalue weighted by atomic mass is 16.6. The van der Waals surface area contributed by atoms with Gasteiger partial charge in [-0.15, -0.1) is 0 Å². The van der Waals surface area contributed by atoms with Gasteiger partial charge in [0.2, 0.25) is 0 Å². The quantitative estimate of drug-likeness (QED) is 0.676. The van der Waals surface area contributed by atoms with Crippen molar-refractivity contribution in [1.82, 2.24) is 0 Å². The Balaban J connectivity index is 2.06. The fourth-order valence-corrected chi connectivity index (χ4v) is 2.33. The van der Waals surface area contributed by atoms with Gasteiger partial charge in [-0.2, -0.15) is 5.26 Å². The fourth-order valence-electron chi connectivity index (χ4n) is 2.33. The zero-order valence-electron chi connectivity index (χ0n) is 9.36. The van der Waals surface area contributed by atoms with E-state index in [9.17, 15) is 0 Å². The standard InChI is InChI=1S/C13H13NO2/c1-3-13(2)12-11(15-12)9-6-8(7-14)4-5-10(9)16-13/h4-6,11-12H,3H2,1-2H3. The molecule has 3 nitrogen and oxygen atoms in total. The Morgan fingerprint density at radius 2 is 2.31 bits per heavy atom. The number of ether oxygens (including phenoxy) is 2. The molecule has 2 aliphatic heterocycles. The summed E-state index contributed by atoms with van der Waals surface area (Å²) in [6, 6.07) is 7.67. The molecule has 1 fully saturated rings. The number of fused-ring (bicyclic) bond motifs is 3. The van der Waals surface area contributed by atoms with Crippen molar-refractivity contribution in [3.8, 4) is 11.8 Å². The molecule has 0 saturated carbocycles. The molecular formula is C13H13NO2. The monoisotopic (exact) mass is 215 g/mol. The van der Waals surface area contributed by atoms with E-state index in [4.69, 9.17) is 14.7 Å². The van der Waals surface area contributed by atoms with E-state index < -0.39 is 0 Å². The molecule has 3 rings (SSSR count). The average Bonchev–Trinajstić information content (AvgIpc) is 3.10. The highest BCUT2D eigenvalue weighted by molar-refractivity contribution is 5.47. The minimum absolute atomic E-state index is 0.127. The number of epoxide rings is 1. The molecule has 0 N–H and O–H groups in total. The molecule has 1 aromatic rings. The molecule has 3 unspecified atom stereocenters. The highest BCUT2D eigenvalue weighted by Gasteiger charge is 2.58. The Morgan fingerprint density at radius 3 is 3.00 bits per heavy atom. The first-order chi connectivity index (χ1) is 7.68. The van der Waals surface area contributed by atoms with Crippen LogP contribution in [0.3, 0.4) is 0 Å². The van der Waals surface area contributed by atoms with Gasteiger partial charge in [-0.25, -0.2) is 0 Å². The number of nitriles is 1. The topological polar surface area (TPSA) is 45.5 Å². The van der Waals surface area contributed by atoms with Gasteiger partial charge in [-0.3, -0.25) is 0 Å². The lowest BCUT2D eigenvalue weighted by molar-refractivity contribution is 0.0499. The number of hydrogen-bond acceptors (Lipinski definition) is 3. The van der Waals surface area contributed by atoms with E-state index in [-0.39, 0.29) is 17.8 Å². The maximum absolute atomic E-state index is 8.86. The van der Waals surface area contributed by atoms with E-state index in [0.717, 1.165) is 17.7 Å². The first-order valence-corrected chi connectivity index (χ1v) is 5.56. The van der Waals surface area contributed by atoms with Crippen molar-refractivity contribution in [3.63, 3.8) is 0 Å². The Bertz CT molecular complexity index is 491. The van der Waals surface area contributed by atoms with E-state index in [1.165, 1.54) is 0 Å². The van der Waals surface area contributed by atoms with Gasteiger partial charge in [0.05, 0.1) is 11.6 Å². The number of hydrogen-bond donors (Lipinski definition) is 0. The number of rotatable bonds is 1. The molecule has 3 atom stereocenters. The summed E-state index contributed by atoms with van der Waals surface area (Å²) in [4.78, 5) is 0. The van der Waals surface area contributed by atoms with E-state index in [1.807, 2.05) is 12.1 Å². The first-order valence-electron chi connectivity index (χ1n) is 5.56. The van der Waals surface area contributed by atoms with Crippen LogP contribution >= 0.6 is 0 Å². The summed E-state index contributed by atoms with van der Waals surface area (Å²) in [7, 11) is 0. The third kappa shape index (κ3) is 1.17. The molecule has 0 bridgehead atoms. The van der Waals surface area contributed by atoms with Crippen molar-refractivity contribution in [3.05, 3.63) is 29.3 Å². The van der Waals surface area contributed by atoms with Gasteiger partial charge in [-0.05, 0) is 31.5 Å². The molecule has 0 aromatic heterocycles. The maximum Gasteiger partial charge on any atom is 0.135 e. The van der Waals surface area contributed by atoms with E-state index >= 15 is 0 Å². The molecule has 0 amide bonds. The summed E-state index contributed by atoms with van der Waals surface area (Å²) in [5.74, 6) is 0.863. The van der Waals surface area contributed by atoms with Gasteiger partial charge in [0.1, 0.15) is 23.6 Å². The van der Waals surface area contributed by atoms with Crippen LogP contribution in [0.5, 0.6) is 5.75 Å². The predicted molar refractivity (Wildman–Crippen MR) is 58.1 cm³/mol. The summed E-state index contributed by atoms with van der Waals surface area (Å²) in [6.45, 7) is 4.19. The number of benzene rings is 1.